The molecule has 100 valence electrons. The van der Waals surface area contributed by atoms with Gasteiger partial charge in [-0.25, -0.2) is 0 Å². The van der Waals surface area contributed by atoms with Gasteiger partial charge in [0, 0.05) is 18.0 Å². The lowest BCUT2D eigenvalue weighted by molar-refractivity contribution is -0.119. The van der Waals surface area contributed by atoms with Crippen LogP contribution in [-0.4, -0.2) is 20.9 Å². The molecule has 0 aromatic carbocycles. The van der Waals surface area contributed by atoms with Crippen molar-refractivity contribution in [2.45, 2.75) is 39.5 Å². The van der Waals surface area contributed by atoms with E-state index in [1.165, 1.54) is 0 Å². The Morgan fingerprint density at radius 3 is 2.84 bits per heavy atom. The second-order valence-electron chi connectivity index (χ2n) is 4.41. The third kappa shape index (κ3) is 2.70. The van der Waals surface area contributed by atoms with Crippen LogP contribution in [0.25, 0.3) is 11.4 Å². The molecule has 0 aliphatic carbocycles. The summed E-state index contributed by atoms with van der Waals surface area (Å²) in [7, 11) is 0. The van der Waals surface area contributed by atoms with Gasteiger partial charge in [-0.1, -0.05) is 19.0 Å². The number of carbonyl (C=O) groups is 1. The van der Waals surface area contributed by atoms with Gasteiger partial charge < -0.3 is 4.52 Å². The van der Waals surface area contributed by atoms with E-state index in [0.29, 0.717) is 18.1 Å². The number of pyridine rings is 1. The fourth-order valence-corrected chi connectivity index (χ4v) is 2.05. The zero-order valence-electron chi connectivity index (χ0n) is 11.4. The molecule has 5 nitrogen and oxygen atoms in total. The minimum absolute atomic E-state index is 0.0446. The number of Topliss-reactive ketones (excluding diaryl/α,β-unsaturated/α-hetero) is 1. The number of aromatic nitrogens is 3. The third-order valence-corrected chi connectivity index (χ3v) is 3.16. The van der Waals surface area contributed by atoms with Crippen LogP contribution in [0.1, 0.15) is 44.6 Å². The summed E-state index contributed by atoms with van der Waals surface area (Å²) in [5.74, 6) is 0.647. The minimum Gasteiger partial charge on any atom is -0.338 e. The summed E-state index contributed by atoms with van der Waals surface area (Å²) in [6.45, 7) is 5.52. The number of hydrogen-bond acceptors (Lipinski definition) is 5. The van der Waals surface area contributed by atoms with Crippen LogP contribution in [-0.2, 0) is 11.2 Å². The average Bonchev–Trinajstić information content (AvgIpc) is 2.88. The van der Waals surface area contributed by atoms with Crippen LogP contribution in [0.4, 0.5) is 0 Å². The number of ketones is 1. The van der Waals surface area contributed by atoms with Crippen LogP contribution in [0, 0.1) is 0 Å². The van der Waals surface area contributed by atoms with Gasteiger partial charge in [-0.3, -0.25) is 9.78 Å². The maximum Gasteiger partial charge on any atom is 0.237 e. The van der Waals surface area contributed by atoms with E-state index in [4.69, 9.17) is 4.52 Å². The molecule has 5 heteroatoms. The lowest BCUT2D eigenvalue weighted by Gasteiger charge is -2.04. The Kier molecular flexibility index (Phi) is 4.04. The van der Waals surface area contributed by atoms with Gasteiger partial charge in [0.15, 0.2) is 0 Å². The molecule has 0 aliphatic rings. The van der Waals surface area contributed by atoms with Crippen molar-refractivity contribution < 1.29 is 9.32 Å². The van der Waals surface area contributed by atoms with Crippen molar-refractivity contribution in [3.8, 4) is 11.4 Å². The molecule has 1 atom stereocenters. The van der Waals surface area contributed by atoms with Crippen LogP contribution in [0.15, 0.2) is 23.0 Å². The first-order valence-electron chi connectivity index (χ1n) is 6.44. The Labute approximate surface area is 112 Å². The van der Waals surface area contributed by atoms with Gasteiger partial charge >= 0.3 is 0 Å². The number of nitrogens with zero attached hydrogens (tertiary/aromatic N) is 3. The van der Waals surface area contributed by atoms with Crippen LogP contribution in [0.2, 0.25) is 0 Å². The quantitative estimate of drug-likeness (QED) is 0.825. The largest absolute Gasteiger partial charge is 0.338 e. The molecule has 0 radical (unpaired) electrons. The van der Waals surface area contributed by atoms with Crippen molar-refractivity contribution in [3.05, 3.63) is 29.9 Å². The molecule has 0 aliphatic heterocycles. The Morgan fingerprint density at radius 2 is 2.21 bits per heavy atom. The van der Waals surface area contributed by atoms with Gasteiger partial charge in [-0.2, -0.15) is 4.98 Å². The maximum absolute atomic E-state index is 11.5. The van der Waals surface area contributed by atoms with Gasteiger partial charge in [0.05, 0.1) is 5.92 Å². The first kappa shape index (κ1) is 13.4. The lowest BCUT2D eigenvalue weighted by Crippen LogP contribution is -2.07. The molecule has 19 heavy (non-hydrogen) atoms. The van der Waals surface area contributed by atoms with Crippen molar-refractivity contribution in [1.82, 2.24) is 15.1 Å². The lowest BCUT2D eigenvalue weighted by atomic mass is 10.0. The van der Waals surface area contributed by atoms with E-state index in [-0.39, 0.29) is 11.7 Å². The van der Waals surface area contributed by atoms with E-state index < -0.39 is 0 Å². The number of carbonyl (C=O) groups excluding carboxylic acids is 1. The number of aryl methyl sites for hydroxylation is 1. The number of hydrogen-bond donors (Lipinski definition) is 0. The van der Waals surface area contributed by atoms with E-state index in [1.54, 1.807) is 19.3 Å². The smallest absolute Gasteiger partial charge is 0.237 e. The highest BCUT2D eigenvalue weighted by Gasteiger charge is 2.22. The summed E-state index contributed by atoms with van der Waals surface area (Å²) < 4.78 is 5.23. The molecule has 0 bridgehead atoms. The van der Waals surface area contributed by atoms with Crippen LogP contribution < -0.4 is 0 Å². The van der Waals surface area contributed by atoms with Crippen LogP contribution in [0.5, 0.6) is 0 Å². The third-order valence-electron chi connectivity index (χ3n) is 3.16. The molecule has 0 saturated carbocycles. The summed E-state index contributed by atoms with van der Waals surface area (Å²) in [4.78, 5) is 19.9. The molecule has 1 unspecified atom stereocenters. The topological polar surface area (TPSA) is 68.9 Å². The van der Waals surface area contributed by atoms with E-state index in [1.807, 2.05) is 19.9 Å². The van der Waals surface area contributed by atoms with Gasteiger partial charge in [-0.05, 0) is 31.4 Å². The standard InChI is InChI=1S/C14H17N3O2/c1-4-10-8-15-7-6-12(10)13-16-14(19-17-13)11(5-2)9(3)18/h6-8,11H,4-5H2,1-3H3. The van der Waals surface area contributed by atoms with Crippen molar-refractivity contribution in [3.63, 3.8) is 0 Å². The van der Waals surface area contributed by atoms with Gasteiger partial charge in [-0.15, -0.1) is 0 Å². The van der Waals surface area contributed by atoms with E-state index >= 15 is 0 Å². The summed E-state index contributed by atoms with van der Waals surface area (Å²) in [6, 6.07) is 1.86. The van der Waals surface area contributed by atoms with Gasteiger partial charge in [0.25, 0.3) is 0 Å². The summed E-state index contributed by atoms with van der Waals surface area (Å²) in [5, 5.41) is 3.98. The first-order chi connectivity index (χ1) is 9.17. The Bertz CT molecular complexity index is 578. The highest BCUT2D eigenvalue weighted by atomic mass is 16.5. The normalized spacial score (nSPS) is 12.4. The number of rotatable bonds is 5. The molecular weight excluding hydrogens is 242 g/mol. The monoisotopic (exact) mass is 259 g/mol. The molecule has 0 amide bonds. The maximum atomic E-state index is 11.5. The predicted octanol–water partition coefficient (Wildman–Crippen LogP) is 2.78. The Hall–Kier alpha value is -2.04. The van der Waals surface area contributed by atoms with Crippen LogP contribution >= 0.6 is 0 Å². The van der Waals surface area contributed by atoms with Crippen LogP contribution in [0.3, 0.4) is 0 Å². The Balaban J connectivity index is 2.38. The zero-order chi connectivity index (χ0) is 13.8. The fourth-order valence-electron chi connectivity index (χ4n) is 2.05. The molecule has 2 rings (SSSR count). The summed E-state index contributed by atoms with van der Waals surface area (Å²) in [6.07, 6.45) is 5.01. The molecule has 2 aromatic rings. The van der Waals surface area contributed by atoms with Gasteiger partial charge in [0.1, 0.15) is 5.78 Å². The molecule has 0 saturated heterocycles. The van der Waals surface area contributed by atoms with Crippen molar-refractivity contribution in [2.24, 2.45) is 0 Å². The highest BCUT2D eigenvalue weighted by Crippen LogP contribution is 2.24. The SMILES string of the molecule is CCc1cnccc1-c1noc(C(CC)C(C)=O)n1. The molecule has 2 aromatic heterocycles. The van der Waals surface area contributed by atoms with Crippen molar-refractivity contribution in [1.29, 1.82) is 0 Å². The molecule has 0 fully saturated rings. The predicted molar refractivity (Wildman–Crippen MR) is 70.6 cm³/mol. The molecule has 0 spiro atoms. The summed E-state index contributed by atoms with van der Waals surface area (Å²) in [5.41, 5.74) is 1.97. The fraction of sp³-hybridized carbons (Fsp3) is 0.429. The summed E-state index contributed by atoms with van der Waals surface area (Å²) >= 11 is 0. The van der Waals surface area contributed by atoms with E-state index in [0.717, 1.165) is 17.5 Å². The molecule has 2 heterocycles. The first-order valence-corrected chi connectivity index (χ1v) is 6.44. The Morgan fingerprint density at radius 1 is 1.42 bits per heavy atom. The van der Waals surface area contributed by atoms with Crippen molar-refractivity contribution in [2.75, 3.05) is 0 Å². The van der Waals surface area contributed by atoms with E-state index in [2.05, 4.69) is 15.1 Å². The molecule has 0 N–H and O–H groups in total. The average molecular weight is 259 g/mol. The second-order valence-corrected chi connectivity index (χ2v) is 4.41. The second kappa shape index (κ2) is 5.73. The minimum atomic E-state index is -0.312. The molecular formula is C14H17N3O2. The van der Waals surface area contributed by atoms with Gasteiger partial charge in [0.2, 0.25) is 11.7 Å². The zero-order valence-corrected chi connectivity index (χ0v) is 11.4. The van der Waals surface area contributed by atoms with Crippen molar-refractivity contribution >= 4 is 5.78 Å². The highest BCUT2D eigenvalue weighted by molar-refractivity contribution is 5.82. The van der Waals surface area contributed by atoms with E-state index in [9.17, 15) is 4.79 Å².